The van der Waals surface area contributed by atoms with Crippen LogP contribution in [-0.2, 0) is 11.3 Å². The molecule has 20 heavy (non-hydrogen) atoms. The standard InChI is InChI=1S/C12H12FN3O3S/c1-19-11(17)7-2-10(8(13)3-9(7)14)15-4-6-5-20-12(18)16-6/h2-3,5,15H,4,14H2,1H3,(H,16,18). The van der Waals surface area contributed by atoms with Gasteiger partial charge in [0.1, 0.15) is 5.82 Å². The van der Waals surface area contributed by atoms with Gasteiger partial charge in [-0.1, -0.05) is 11.3 Å². The molecule has 106 valence electrons. The van der Waals surface area contributed by atoms with E-state index in [9.17, 15) is 14.0 Å². The first-order valence-corrected chi connectivity index (χ1v) is 6.47. The van der Waals surface area contributed by atoms with E-state index in [1.165, 1.54) is 13.2 Å². The Kier molecular flexibility index (Phi) is 4.04. The van der Waals surface area contributed by atoms with Crippen molar-refractivity contribution in [2.45, 2.75) is 6.54 Å². The number of ether oxygens (including phenoxy) is 1. The molecule has 2 rings (SSSR count). The van der Waals surface area contributed by atoms with E-state index in [1.54, 1.807) is 5.38 Å². The van der Waals surface area contributed by atoms with Gasteiger partial charge in [0, 0.05) is 16.8 Å². The number of anilines is 2. The number of aromatic nitrogens is 1. The molecule has 0 aliphatic rings. The molecule has 0 amide bonds. The Bertz CT molecular complexity index is 695. The lowest BCUT2D eigenvalue weighted by atomic mass is 10.1. The number of nitrogens with two attached hydrogens (primary N) is 1. The van der Waals surface area contributed by atoms with Gasteiger partial charge in [0.25, 0.3) is 0 Å². The van der Waals surface area contributed by atoms with Crippen molar-refractivity contribution in [1.82, 2.24) is 4.98 Å². The Labute approximate surface area is 117 Å². The summed E-state index contributed by atoms with van der Waals surface area (Å²) in [5.74, 6) is -1.23. The molecule has 0 atom stereocenters. The number of nitrogens with one attached hydrogen (secondary N) is 2. The van der Waals surface area contributed by atoms with Gasteiger partial charge in [-0.05, 0) is 12.1 Å². The Morgan fingerprint density at radius 2 is 2.30 bits per heavy atom. The van der Waals surface area contributed by atoms with E-state index in [0.717, 1.165) is 17.4 Å². The summed E-state index contributed by atoms with van der Waals surface area (Å²) in [4.78, 5) is 24.9. The van der Waals surface area contributed by atoms with Crippen LogP contribution >= 0.6 is 11.3 Å². The molecule has 1 heterocycles. The van der Waals surface area contributed by atoms with Crippen LogP contribution < -0.4 is 15.9 Å². The predicted molar refractivity (Wildman–Crippen MR) is 74.4 cm³/mol. The molecule has 2 aromatic rings. The third-order valence-electron chi connectivity index (χ3n) is 2.58. The zero-order chi connectivity index (χ0) is 14.7. The Balaban J connectivity index is 2.22. The van der Waals surface area contributed by atoms with Gasteiger partial charge < -0.3 is 20.8 Å². The SMILES string of the molecule is COC(=O)c1cc(NCc2csc(=O)[nH]2)c(F)cc1N. The van der Waals surface area contributed by atoms with Crippen LogP contribution in [-0.4, -0.2) is 18.1 Å². The van der Waals surface area contributed by atoms with E-state index in [4.69, 9.17) is 5.73 Å². The van der Waals surface area contributed by atoms with Gasteiger partial charge in [-0.3, -0.25) is 4.79 Å². The fourth-order valence-corrected chi connectivity index (χ4v) is 2.18. The maximum atomic E-state index is 13.7. The molecule has 0 radical (unpaired) electrons. The predicted octanol–water partition coefficient (Wildman–Crippen LogP) is 1.56. The van der Waals surface area contributed by atoms with E-state index < -0.39 is 11.8 Å². The highest BCUT2D eigenvalue weighted by atomic mass is 32.1. The van der Waals surface area contributed by atoms with Gasteiger partial charge in [-0.25, -0.2) is 9.18 Å². The minimum absolute atomic E-state index is 0.00356. The number of carbonyl (C=O) groups excluding carboxylic acids is 1. The number of H-pyrrole nitrogens is 1. The number of aromatic amines is 1. The third kappa shape index (κ3) is 2.97. The van der Waals surface area contributed by atoms with Crippen molar-refractivity contribution in [3.05, 3.63) is 44.3 Å². The average molecular weight is 297 g/mol. The van der Waals surface area contributed by atoms with Crippen molar-refractivity contribution < 1.29 is 13.9 Å². The fourth-order valence-electron chi connectivity index (χ4n) is 1.60. The number of rotatable bonds is 4. The van der Waals surface area contributed by atoms with Gasteiger partial charge in [0.15, 0.2) is 0 Å². The van der Waals surface area contributed by atoms with Crippen LogP contribution in [0.4, 0.5) is 15.8 Å². The summed E-state index contributed by atoms with van der Waals surface area (Å²) in [7, 11) is 1.22. The number of hydrogen-bond donors (Lipinski definition) is 3. The first-order chi connectivity index (χ1) is 9.51. The topological polar surface area (TPSA) is 97.2 Å². The summed E-state index contributed by atoms with van der Waals surface area (Å²) in [6, 6.07) is 2.33. The van der Waals surface area contributed by atoms with Gasteiger partial charge in [0.2, 0.25) is 0 Å². The van der Waals surface area contributed by atoms with Crippen molar-refractivity contribution in [3.63, 3.8) is 0 Å². The molecule has 0 aliphatic heterocycles. The molecule has 8 heteroatoms. The summed E-state index contributed by atoms with van der Waals surface area (Å²) in [5, 5.41) is 4.42. The van der Waals surface area contributed by atoms with Gasteiger partial charge >= 0.3 is 10.8 Å². The van der Waals surface area contributed by atoms with E-state index in [1.807, 2.05) is 0 Å². The van der Waals surface area contributed by atoms with Crippen molar-refractivity contribution in [1.29, 1.82) is 0 Å². The molecular weight excluding hydrogens is 285 g/mol. The van der Waals surface area contributed by atoms with E-state index in [2.05, 4.69) is 15.0 Å². The number of hydrogen-bond acceptors (Lipinski definition) is 6. The average Bonchev–Trinajstić information content (AvgIpc) is 2.83. The minimum atomic E-state index is -0.644. The minimum Gasteiger partial charge on any atom is -0.465 e. The molecule has 0 aliphatic carbocycles. The number of thiazole rings is 1. The number of nitrogen functional groups attached to an aromatic ring is 1. The van der Waals surface area contributed by atoms with Crippen LogP contribution in [0.3, 0.4) is 0 Å². The summed E-state index contributed by atoms with van der Waals surface area (Å²) >= 11 is 1.02. The molecule has 1 aromatic carbocycles. The highest BCUT2D eigenvalue weighted by Crippen LogP contribution is 2.23. The number of methoxy groups -OCH3 is 1. The second kappa shape index (κ2) is 5.74. The van der Waals surface area contributed by atoms with E-state index in [-0.39, 0.29) is 28.4 Å². The Morgan fingerprint density at radius 3 is 2.90 bits per heavy atom. The van der Waals surface area contributed by atoms with Crippen LogP contribution in [0.25, 0.3) is 0 Å². The van der Waals surface area contributed by atoms with Gasteiger partial charge in [-0.2, -0.15) is 0 Å². The smallest absolute Gasteiger partial charge is 0.340 e. The molecular formula is C12H12FN3O3S. The lowest BCUT2D eigenvalue weighted by Gasteiger charge is -2.10. The molecule has 6 nitrogen and oxygen atoms in total. The third-order valence-corrected chi connectivity index (χ3v) is 3.30. The zero-order valence-corrected chi connectivity index (χ0v) is 11.3. The molecule has 0 fully saturated rings. The Morgan fingerprint density at radius 1 is 1.55 bits per heavy atom. The quantitative estimate of drug-likeness (QED) is 0.587. The van der Waals surface area contributed by atoms with Crippen LogP contribution in [0.15, 0.2) is 22.3 Å². The van der Waals surface area contributed by atoms with Crippen LogP contribution in [0, 0.1) is 5.82 Å². The van der Waals surface area contributed by atoms with Crippen molar-refractivity contribution in [2.75, 3.05) is 18.2 Å². The molecule has 0 bridgehead atoms. The highest BCUT2D eigenvalue weighted by molar-refractivity contribution is 7.07. The van der Waals surface area contributed by atoms with Gasteiger partial charge in [0.05, 0.1) is 24.9 Å². The molecule has 0 spiro atoms. The fraction of sp³-hybridized carbons (Fsp3) is 0.167. The van der Waals surface area contributed by atoms with Crippen LogP contribution in [0.5, 0.6) is 0 Å². The lowest BCUT2D eigenvalue weighted by Crippen LogP contribution is -2.09. The van der Waals surface area contributed by atoms with Crippen LogP contribution in [0.2, 0.25) is 0 Å². The maximum absolute atomic E-state index is 13.7. The molecule has 0 saturated heterocycles. The van der Waals surface area contributed by atoms with Crippen molar-refractivity contribution in [2.24, 2.45) is 0 Å². The second-order valence-corrected chi connectivity index (χ2v) is 4.78. The first kappa shape index (κ1) is 14.1. The normalized spacial score (nSPS) is 10.3. The van der Waals surface area contributed by atoms with Crippen molar-refractivity contribution in [3.8, 4) is 0 Å². The number of benzene rings is 1. The summed E-state index contributed by atoms with van der Waals surface area (Å²) < 4.78 is 18.3. The monoisotopic (exact) mass is 297 g/mol. The first-order valence-electron chi connectivity index (χ1n) is 5.59. The Hall–Kier alpha value is -2.35. The van der Waals surface area contributed by atoms with Crippen molar-refractivity contribution >= 4 is 28.7 Å². The number of halogens is 1. The summed E-state index contributed by atoms with van der Waals surface area (Å²) in [6.07, 6.45) is 0. The van der Waals surface area contributed by atoms with Gasteiger partial charge in [-0.15, -0.1) is 0 Å². The molecule has 1 aromatic heterocycles. The highest BCUT2D eigenvalue weighted by Gasteiger charge is 2.14. The zero-order valence-electron chi connectivity index (χ0n) is 10.5. The molecule has 0 saturated carbocycles. The molecule has 4 N–H and O–H groups in total. The summed E-state index contributed by atoms with van der Waals surface area (Å²) in [6.45, 7) is 0.222. The maximum Gasteiger partial charge on any atom is 0.340 e. The van der Waals surface area contributed by atoms with E-state index in [0.29, 0.717) is 5.69 Å². The molecule has 0 unspecified atom stereocenters. The van der Waals surface area contributed by atoms with Crippen LogP contribution in [0.1, 0.15) is 16.1 Å². The largest absolute Gasteiger partial charge is 0.465 e. The van der Waals surface area contributed by atoms with E-state index >= 15 is 0 Å². The number of carbonyl (C=O) groups is 1. The second-order valence-electron chi connectivity index (χ2n) is 3.94. The lowest BCUT2D eigenvalue weighted by molar-refractivity contribution is 0.0602. The number of esters is 1. The summed E-state index contributed by atoms with van der Waals surface area (Å²) in [5.41, 5.74) is 6.37.